The molecule has 0 amide bonds. The summed E-state index contributed by atoms with van der Waals surface area (Å²) >= 11 is 0. The molecule has 0 saturated carbocycles. The van der Waals surface area contributed by atoms with Gasteiger partial charge in [-0.25, -0.2) is 18.1 Å². The first-order valence-corrected chi connectivity index (χ1v) is 7.17. The monoisotopic (exact) mass is 277 g/mol. The standard InChI is InChI=1S/C10H19N3O4S/c1-3-9-11-6-10(12-9)18(15,16)13-8(4-5-14)7-17-2/h6,8,13-14H,3-5,7H2,1-2H3,(H,11,12). The average molecular weight is 277 g/mol. The average Bonchev–Trinajstić information content (AvgIpc) is 2.78. The molecule has 7 nitrogen and oxygen atoms in total. The van der Waals surface area contributed by atoms with Crippen molar-refractivity contribution in [3.63, 3.8) is 0 Å². The van der Waals surface area contributed by atoms with Crippen LogP contribution in [0.15, 0.2) is 11.2 Å². The second-order valence-electron chi connectivity index (χ2n) is 3.83. The summed E-state index contributed by atoms with van der Waals surface area (Å²) < 4.78 is 31.4. The summed E-state index contributed by atoms with van der Waals surface area (Å²) in [5, 5.41) is 8.89. The molecular formula is C10H19N3O4S. The first-order valence-electron chi connectivity index (χ1n) is 5.69. The first kappa shape index (κ1) is 15.1. The minimum Gasteiger partial charge on any atom is -0.396 e. The van der Waals surface area contributed by atoms with Crippen LogP contribution in [0.2, 0.25) is 0 Å². The number of sulfonamides is 1. The van der Waals surface area contributed by atoms with E-state index in [0.29, 0.717) is 18.7 Å². The molecule has 0 bridgehead atoms. The minimum absolute atomic E-state index is 0.0263. The van der Waals surface area contributed by atoms with Gasteiger partial charge in [0.25, 0.3) is 10.0 Å². The molecule has 1 unspecified atom stereocenters. The lowest BCUT2D eigenvalue weighted by Crippen LogP contribution is -2.38. The number of aryl methyl sites for hydroxylation is 1. The Morgan fingerprint density at radius 2 is 2.33 bits per heavy atom. The fourth-order valence-corrected chi connectivity index (χ4v) is 2.67. The van der Waals surface area contributed by atoms with E-state index in [4.69, 9.17) is 9.84 Å². The fraction of sp³-hybridized carbons (Fsp3) is 0.700. The SMILES string of the molecule is CCc1ncc(S(=O)(=O)NC(CCO)COC)[nH]1. The molecular weight excluding hydrogens is 258 g/mol. The number of aliphatic hydroxyl groups is 1. The molecule has 1 aromatic heterocycles. The van der Waals surface area contributed by atoms with Gasteiger partial charge in [0.2, 0.25) is 0 Å². The zero-order chi connectivity index (χ0) is 13.6. The zero-order valence-electron chi connectivity index (χ0n) is 10.5. The molecule has 0 fully saturated rings. The van der Waals surface area contributed by atoms with Crippen molar-refractivity contribution in [3.8, 4) is 0 Å². The van der Waals surface area contributed by atoms with Gasteiger partial charge in [-0.1, -0.05) is 6.92 Å². The number of nitrogens with one attached hydrogen (secondary N) is 2. The molecule has 18 heavy (non-hydrogen) atoms. The second kappa shape index (κ2) is 6.83. The summed E-state index contributed by atoms with van der Waals surface area (Å²) in [4.78, 5) is 6.67. The third kappa shape index (κ3) is 4.05. The Labute approximate surface area is 107 Å². The number of aliphatic hydroxyl groups excluding tert-OH is 1. The van der Waals surface area contributed by atoms with Crippen molar-refractivity contribution in [2.75, 3.05) is 20.3 Å². The third-order valence-electron chi connectivity index (χ3n) is 2.40. The molecule has 1 atom stereocenters. The second-order valence-corrected chi connectivity index (χ2v) is 5.52. The predicted molar refractivity (Wildman–Crippen MR) is 65.7 cm³/mol. The van der Waals surface area contributed by atoms with Crippen LogP contribution < -0.4 is 4.72 Å². The number of hydrogen-bond donors (Lipinski definition) is 3. The van der Waals surface area contributed by atoms with Crippen molar-refractivity contribution in [2.24, 2.45) is 0 Å². The molecule has 104 valence electrons. The number of H-pyrrole nitrogens is 1. The lowest BCUT2D eigenvalue weighted by Gasteiger charge is -2.15. The van der Waals surface area contributed by atoms with Crippen molar-refractivity contribution < 1.29 is 18.3 Å². The molecule has 0 aliphatic heterocycles. The summed E-state index contributed by atoms with van der Waals surface area (Å²) in [6, 6.07) is -0.460. The molecule has 1 aromatic rings. The predicted octanol–water partition coefficient (Wildman–Crippen LogP) is -0.352. The van der Waals surface area contributed by atoms with Gasteiger partial charge in [0, 0.05) is 26.2 Å². The molecule has 1 heterocycles. The van der Waals surface area contributed by atoms with Crippen LogP contribution in [-0.2, 0) is 21.2 Å². The molecule has 0 saturated heterocycles. The van der Waals surface area contributed by atoms with Crippen LogP contribution in [0.1, 0.15) is 19.2 Å². The van der Waals surface area contributed by atoms with Gasteiger partial charge in [0.1, 0.15) is 5.82 Å². The smallest absolute Gasteiger partial charge is 0.257 e. The van der Waals surface area contributed by atoms with E-state index in [0.717, 1.165) is 0 Å². The summed E-state index contributed by atoms with van der Waals surface area (Å²) in [5.74, 6) is 0.612. The van der Waals surface area contributed by atoms with Gasteiger partial charge in [0.15, 0.2) is 5.03 Å². The summed E-state index contributed by atoms with van der Waals surface area (Å²) in [5.41, 5.74) is 0. The lowest BCUT2D eigenvalue weighted by molar-refractivity contribution is 0.158. The number of hydrogen-bond acceptors (Lipinski definition) is 5. The fourth-order valence-electron chi connectivity index (χ4n) is 1.48. The number of imidazole rings is 1. The molecule has 8 heteroatoms. The van der Waals surface area contributed by atoms with Gasteiger partial charge >= 0.3 is 0 Å². The number of methoxy groups -OCH3 is 1. The number of aromatic amines is 1. The highest BCUT2D eigenvalue weighted by molar-refractivity contribution is 7.89. The number of nitrogens with zero attached hydrogens (tertiary/aromatic N) is 1. The van der Waals surface area contributed by atoms with Crippen LogP contribution in [0, 0.1) is 0 Å². The van der Waals surface area contributed by atoms with Crippen LogP contribution in [0.4, 0.5) is 0 Å². The van der Waals surface area contributed by atoms with Crippen molar-refractivity contribution in [1.29, 1.82) is 0 Å². The topological polar surface area (TPSA) is 104 Å². The highest BCUT2D eigenvalue weighted by Crippen LogP contribution is 2.08. The van der Waals surface area contributed by atoms with Crippen molar-refractivity contribution in [2.45, 2.75) is 30.8 Å². The van der Waals surface area contributed by atoms with Crippen LogP contribution in [-0.4, -0.2) is 49.9 Å². The Bertz CT molecular complexity index is 451. The minimum atomic E-state index is -3.65. The molecule has 3 N–H and O–H groups in total. The summed E-state index contributed by atoms with van der Waals surface area (Å²) in [7, 11) is -2.18. The zero-order valence-corrected chi connectivity index (χ0v) is 11.3. The Kier molecular flexibility index (Phi) is 5.73. The molecule has 0 spiro atoms. The number of ether oxygens (including phenoxy) is 1. The van der Waals surface area contributed by atoms with Crippen molar-refractivity contribution in [3.05, 3.63) is 12.0 Å². The Hall–Kier alpha value is -0.960. The molecule has 1 rings (SSSR count). The van der Waals surface area contributed by atoms with E-state index in [1.165, 1.54) is 13.3 Å². The third-order valence-corrected chi connectivity index (χ3v) is 3.83. The van der Waals surface area contributed by atoms with Crippen LogP contribution in [0.25, 0.3) is 0 Å². The molecule has 0 aliphatic carbocycles. The van der Waals surface area contributed by atoms with E-state index in [9.17, 15) is 8.42 Å². The number of rotatable bonds is 8. The normalized spacial score (nSPS) is 13.7. The van der Waals surface area contributed by atoms with E-state index < -0.39 is 16.1 Å². The molecule has 0 radical (unpaired) electrons. The van der Waals surface area contributed by atoms with Crippen molar-refractivity contribution in [1.82, 2.24) is 14.7 Å². The lowest BCUT2D eigenvalue weighted by atomic mass is 10.2. The summed E-state index contributed by atoms with van der Waals surface area (Å²) in [6.07, 6.45) is 2.21. The van der Waals surface area contributed by atoms with E-state index >= 15 is 0 Å². The maximum atomic E-state index is 12.0. The molecule has 0 aromatic carbocycles. The van der Waals surface area contributed by atoms with Gasteiger partial charge in [0.05, 0.1) is 12.8 Å². The van der Waals surface area contributed by atoms with Gasteiger partial charge in [-0.15, -0.1) is 0 Å². The first-order chi connectivity index (χ1) is 8.53. The van der Waals surface area contributed by atoms with E-state index in [1.54, 1.807) is 0 Å². The largest absolute Gasteiger partial charge is 0.396 e. The van der Waals surface area contributed by atoms with Gasteiger partial charge in [-0.3, -0.25) is 0 Å². The van der Waals surface area contributed by atoms with E-state index in [-0.39, 0.29) is 18.2 Å². The van der Waals surface area contributed by atoms with Crippen LogP contribution in [0.3, 0.4) is 0 Å². The highest BCUT2D eigenvalue weighted by Gasteiger charge is 2.21. The Balaban J connectivity index is 2.78. The van der Waals surface area contributed by atoms with E-state index in [2.05, 4.69) is 14.7 Å². The van der Waals surface area contributed by atoms with Crippen LogP contribution >= 0.6 is 0 Å². The maximum absolute atomic E-state index is 12.0. The quantitative estimate of drug-likeness (QED) is 0.602. The maximum Gasteiger partial charge on any atom is 0.257 e. The summed E-state index contributed by atoms with van der Waals surface area (Å²) in [6.45, 7) is 1.97. The highest BCUT2D eigenvalue weighted by atomic mass is 32.2. The van der Waals surface area contributed by atoms with Gasteiger partial charge in [-0.05, 0) is 6.42 Å². The van der Waals surface area contributed by atoms with Gasteiger partial charge in [-0.2, -0.15) is 0 Å². The van der Waals surface area contributed by atoms with Crippen LogP contribution in [0.5, 0.6) is 0 Å². The molecule has 0 aliphatic rings. The van der Waals surface area contributed by atoms with Gasteiger partial charge < -0.3 is 14.8 Å². The van der Waals surface area contributed by atoms with E-state index in [1.807, 2.05) is 6.92 Å². The Morgan fingerprint density at radius 3 is 2.83 bits per heavy atom. The van der Waals surface area contributed by atoms with Crippen molar-refractivity contribution >= 4 is 10.0 Å². The Morgan fingerprint density at radius 1 is 1.61 bits per heavy atom. The number of aromatic nitrogens is 2.